The Balaban J connectivity index is 2.78. The first-order chi connectivity index (χ1) is 8.21. The van der Waals surface area contributed by atoms with Crippen LogP contribution >= 0.6 is 0 Å². The number of nitrogens with zero attached hydrogens (tertiary/aromatic N) is 3. The summed E-state index contributed by atoms with van der Waals surface area (Å²) in [7, 11) is 1.69. The standard InChI is InChI=1S/C12H22N4O/c1-5-16(6-2)12-14-10(3)9-11(15-12)13-7-8-17-4/h9H,5-8H2,1-4H3,(H,13,14,15). The molecule has 0 atom stereocenters. The van der Waals surface area contributed by atoms with E-state index in [1.54, 1.807) is 7.11 Å². The van der Waals surface area contributed by atoms with Gasteiger partial charge in [-0.15, -0.1) is 0 Å². The SMILES string of the molecule is CCN(CC)c1nc(C)cc(NCCOC)n1. The number of anilines is 2. The lowest BCUT2D eigenvalue weighted by Gasteiger charge is -2.19. The summed E-state index contributed by atoms with van der Waals surface area (Å²) in [6.07, 6.45) is 0. The van der Waals surface area contributed by atoms with E-state index in [0.29, 0.717) is 6.61 Å². The van der Waals surface area contributed by atoms with Crippen molar-refractivity contribution in [3.05, 3.63) is 11.8 Å². The van der Waals surface area contributed by atoms with Gasteiger partial charge in [-0.05, 0) is 20.8 Å². The molecule has 1 aromatic heterocycles. The normalized spacial score (nSPS) is 10.4. The maximum Gasteiger partial charge on any atom is 0.227 e. The second-order valence-electron chi connectivity index (χ2n) is 3.79. The Bertz CT molecular complexity index is 339. The van der Waals surface area contributed by atoms with Crippen LogP contribution in [0.25, 0.3) is 0 Å². The summed E-state index contributed by atoms with van der Waals surface area (Å²) in [5.74, 6) is 1.64. The van der Waals surface area contributed by atoms with E-state index in [1.807, 2.05) is 13.0 Å². The van der Waals surface area contributed by atoms with E-state index < -0.39 is 0 Å². The number of nitrogens with one attached hydrogen (secondary N) is 1. The van der Waals surface area contributed by atoms with Crippen LogP contribution in [-0.2, 0) is 4.74 Å². The van der Waals surface area contributed by atoms with E-state index in [-0.39, 0.29) is 0 Å². The number of rotatable bonds is 7. The molecule has 96 valence electrons. The molecule has 1 rings (SSSR count). The van der Waals surface area contributed by atoms with Crippen molar-refractivity contribution in [3.8, 4) is 0 Å². The lowest BCUT2D eigenvalue weighted by atomic mass is 10.4. The number of aromatic nitrogens is 2. The van der Waals surface area contributed by atoms with Gasteiger partial charge in [0.05, 0.1) is 6.61 Å². The van der Waals surface area contributed by atoms with Gasteiger partial charge >= 0.3 is 0 Å². The van der Waals surface area contributed by atoms with E-state index in [2.05, 4.69) is 34.0 Å². The fourth-order valence-corrected chi connectivity index (χ4v) is 1.57. The van der Waals surface area contributed by atoms with Crippen LogP contribution in [0, 0.1) is 6.92 Å². The zero-order valence-electron chi connectivity index (χ0n) is 11.2. The molecule has 0 unspecified atom stereocenters. The van der Waals surface area contributed by atoms with Gasteiger partial charge in [-0.3, -0.25) is 0 Å². The van der Waals surface area contributed by atoms with Gasteiger partial charge in [0.15, 0.2) is 0 Å². The van der Waals surface area contributed by atoms with Crippen molar-refractivity contribution < 1.29 is 4.74 Å². The van der Waals surface area contributed by atoms with Crippen molar-refractivity contribution in [3.63, 3.8) is 0 Å². The van der Waals surface area contributed by atoms with Crippen LogP contribution < -0.4 is 10.2 Å². The zero-order valence-corrected chi connectivity index (χ0v) is 11.2. The average molecular weight is 238 g/mol. The fraction of sp³-hybridized carbons (Fsp3) is 0.667. The molecular weight excluding hydrogens is 216 g/mol. The van der Waals surface area contributed by atoms with Crippen molar-refractivity contribution in [2.45, 2.75) is 20.8 Å². The van der Waals surface area contributed by atoms with Gasteiger partial charge < -0.3 is 15.0 Å². The number of ether oxygens (including phenoxy) is 1. The van der Waals surface area contributed by atoms with Gasteiger partial charge in [-0.25, -0.2) is 4.98 Å². The number of hydrogen-bond acceptors (Lipinski definition) is 5. The molecule has 1 N–H and O–H groups in total. The molecule has 5 nitrogen and oxygen atoms in total. The van der Waals surface area contributed by atoms with E-state index in [1.165, 1.54) is 0 Å². The number of hydrogen-bond donors (Lipinski definition) is 1. The van der Waals surface area contributed by atoms with E-state index in [9.17, 15) is 0 Å². The third kappa shape index (κ3) is 4.19. The highest BCUT2D eigenvalue weighted by Crippen LogP contribution is 2.13. The molecule has 0 spiro atoms. The minimum Gasteiger partial charge on any atom is -0.383 e. The highest BCUT2D eigenvalue weighted by molar-refractivity contribution is 5.43. The second-order valence-corrected chi connectivity index (χ2v) is 3.79. The highest BCUT2D eigenvalue weighted by Gasteiger charge is 2.07. The topological polar surface area (TPSA) is 50.3 Å². The second kappa shape index (κ2) is 7.06. The number of methoxy groups -OCH3 is 1. The summed E-state index contributed by atoms with van der Waals surface area (Å²) in [6, 6.07) is 1.95. The molecule has 0 aliphatic rings. The Morgan fingerprint density at radius 2 is 2.00 bits per heavy atom. The van der Waals surface area contributed by atoms with Gasteiger partial charge in [0, 0.05) is 38.5 Å². The summed E-state index contributed by atoms with van der Waals surface area (Å²) >= 11 is 0. The third-order valence-corrected chi connectivity index (χ3v) is 2.50. The van der Waals surface area contributed by atoms with Crippen LogP contribution in [0.3, 0.4) is 0 Å². The first-order valence-electron chi connectivity index (χ1n) is 6.04. The summed E-state index contributed by atoms with van der Waals surface area (Å²) in [6.45, 7) is 9.44. The molecule has 0 saturated carbocycles. The van der Waals surface area contributed by atoms with Crippen molar-refractivity contribution >= 4 is 11.8 Å². The largest absolute Gasteiger partial charge is 0.383 e. The quantitative estimate of drug-likeness (QED) is 0.733. The van der Waals surface area contributed by atoms with Gasteiger partial charge in [0.25, 0.3) is 0 Å². The maximum atomic E-state index is 5.00. The molecule has 0 aromatic carbocycles. The van der Waals surface area contributed by atoms with Crippen molar-refractivity contribution in [1.29, 1.82) is 0 Å². The summed E-state index contributed by atoms with van der Waals surface area (Å²) in [5.41, 5.74) is 0.974. The minimum atomic E-state index is 0.670. The lowest BCUT2D eigenvalue weighted by Crippen LogP contribution is -2.25. The predicted molar refractivity (Wildman–Crippen MR) is 70.7 cm³/mol. The molecule has 0 aliphatic carbocycles. The fourth-order valence-electron chi connectivity index (χ4n) is 1.57. The van der Waals surface area contributed by atoms with Crippen molar-refractivity contribution in [2.24, 2.45) is 0 Å². The van der Waals surface area contributed by atoms with Gasteiger partial charge in [0.2, 0.25) is 5.95 Å². The summed E-state index contributed by atoms with van der Waals surface area (Å²) < 4.78 is 5.00. The van der Waals surface area contributed by atoms with Gasteiger partial charge in [0.1, 0.15) is 5.82 Å². The molecule has 17 heavy (non-hydrogen) atoms. The summed E-state index contributed by atoms with van der Waals surface area (Å²) in [4.78, 5) is 11.1. The Morgan fingerprint density at radius 3 is 2.59 bits per heavy atom. The first kappa shape index (κ1) is 13.7. The average Bonchev–Trinajstić information content (AvgIpc) is 2.30. The molecule has 0 radical (unpaired) electrons. The molecule has 5 heteroatoms. The minimum absolute atomic E-state index is 0.670. The van der Waals surface area contributed by atoms with E-state index in [4.69, 9.17) is 4.74 Å². The van der Waals surface area contributed by atoms with Crippen LogP contribution in [0.2, 0.25) is 0 Å². The van der Waals surface area contributed by atoms with Crippen LogP contribution in [-0.4, -0.2) is 43.3 Å². The predicted octanol–water partition coefficient (Wildman–Crippen LogP) is 1.69. The Kier molecular flexibility index (Phi) is 5.69. The molecule has 0 saturated heterocycles. The van der Waals surface area contributed by atoms with Gasteiger partial charge in [-0.1, -0.05) is 0 Å². The lowest BCUT2D eigenvalue weighted by molar-refractivity contribution is 0.210. The zero-order chi connectivity index (χ0) is 12.7. The maximum absolute atomic E-state index is 5.00. The highest BCUT2D eigenvalue weighted by atomic mass is 16.5. The molecule has 0 aliphatic heterocycles. The molecule has 0 amide bonds. The monoisotopic (exact) mass is 238 g/mol. The third-order valence-electron chi connectivity index (χ3n) is 2.50. The number of aryl methyl sites for hydroxylation is 1. The van der Waals surface area contributed by atoms with Crippen LogP contribution in [0.4, 0.5) is 11.8 Å². The first-order valence-corrected chi connectivity index (χ1v) is 6.04. The molecular formula is C12H22N4O. The Labute approximate surface area is 103 Å². The molecule has 1 heterocycles. The van der Waals surface area contributed by atoms with Gasteiger partial charge in [-0.2, -0.15) is 4.98 Å². The van der Waals surface area contributed by atoms with Crippen molar-refractivity contribution in [2.75, 3.05) is 43.6 Å². The van der Waals surface area contributed by atoms with Crippen LogP contribution in [0.15, 0.2) is 6.07 Å². The van der Waals surface area contributed by atoms with E-state index in [0.717, 1.165) is 37.1 Å². The van der Waals surface area contributed by atoms with Crippen molar-refractivity contribution in [1.82, 2.24) is 9.97 Å². The Morgan fingerprint density at radius 1 is 1.29 bits per heavy atom. The molecule has 0 fully saturated rings. The smallest absolute Gasteiger partial charge is 0.227 e. The Hall–Kier alpha value is -1.36. The summed E-state index contributed by atoms with van der Waals surface area (Å²) in [5, 5.41) is 3.23. The van der Waals surface area contributed by atoms with Crippen LogP contribution in [0.5, 0.6) is 0 Å². The van der Waals surface area contributed by atoms with Crippen LogP contribution in [0.1, 0.15) is 19.5 Å². The molecule has 1 aromatic rings. The molecule has 0 bridgehead atoms. The van der Waals surface area contributed by atoms with E-state index >= 15 is 0 Å².